The Morgan fingerprint density at radius 1 is 0.985 bits per heavy atom. The number of hydrogen-bond acceptors (Lipinski definition) is 13. The highest BCUT2D eigenvalue weighted by atomic mass is 19.1. The first kappa shape index (κ1) is 49.2. The van der Waals surface area contributed by atoms with E-state index in [-0.39, 0.29) is 57.0 Å². The number of methoxy groups -OCH3 is 2. The van der Waals surface area contributed by atoms with Crippen LogP contribution < -0.4 is 24.3 Å². The van der Waals surface area contributed by atoms with E-state index in [4.69, 9.17) is 43.2 Å². The SMILES string of the molecule is C=CCO[C@@]12Oc3ccc(OC(=O)Nc4ccc(OC)cc4OC)cc3[C@H]3[C@H](CCCCO)[C@@H](CCCCO)C=C(C(=NOC4CCCCO4)C[C@@H]1N(Cc1ccc(F)cc1)C(=O)OCC)[C@H]32. The fourth-order valence-electron chi connectivity index (χ4n) is 10.1. The second kappa shape index (κ2) is 23.4. The summed E-state index contributed by atoms with van der Waals surface area (Å²) in [5.41, 5.74) is 3.17. The first-order valence-corrected chi connectivity index (χ1v) is 23.4. The molecule has 1 saturated carbocycles. The maximum Gasteiger partial charge on any atom is 0.417 e. The molecule has 2 fully saturated rings. The molecule has 3 aromatic rings. The van der Waals surface area contributed by atoms with Crippen LogP contribution in [0.15, 0.2) is 90.1 Å². The van der Waals surface area contributed by atoms with Gasteiger partial charge in [0.1, 0.15) is 34.9 Å². The third-order valence-corrected chi connectivity index (χ3v) is 13.1. The van der Waals surface area contributed by atoms with Crippen molar-refractivity contribution in [3.8, 4) is 23.0 Å². The van der Waals surface area contributed by atoms with Crippen molar-refractivity contribution in [2.45, 2.75) is 102 Å². The highest BCUT2D eigenvalue weighted by molar-refractivity contribution is 6.03. The molecule has 4 aliphatic rings. The summed E-state index contributed by atoms with van der Waals surface area (Å²) >= 11 is 0. The number of oxime groups is 1. The highest BCUT2D eigenvalue weighted by Gasteiger charge is 2.65. The summed E-state index contributed by atoms with van der Waals surface area (Å²) in [6.45, 7) is 6.49. The summed E-state index contributed by atoms with van der Waals surface area (Å²) in [5, 5.41) is 27.6. The van der Waals surface area contributed by atoms with Gasteiger partial charge in [-0.05, 0) is 111 Å². The zero-order valence-corrected chi connectivity index (χ0v) is 38.7. The van der Waals surface area contributed by atoms with Crippen LogP contribution in [0.1, 0.15) is 88.2 Å². The van der Waals surface area contributed by atoms with Crippen molar-refractivity contribution in [2.24, 2.45) is 22.9 Å². The van der Waals surface area contributed by atoms with Gasteiger partial charge in [-0.3, -0.25) is 10.2 Å². The molecule has 1 saturated heterocycles. The third-order valence-electron chi connectivity index (χ3n) is 13.1. The van der Waals surface area contributed by atoms with Crippen LogP contribution in [-0.2, 0) is 25.6 Å². The normalized spacial score (nSPS) is 24.5. The van der Waals surface area contributed by atoms with Crippen molar-refractivity contribution in [1.29, 1.82) is 0 Å². The molecule has 2 aliphatic heterocycles. The van der Waals surface area contributed by atoms with Crippen molar-refractivity contribution in [3.63, 3.8) is 0 Å². The standard InChI is InChI=1S/C51H64FN3O12/c1-5-26-64-51-45(55(50(59)62-6-2)32-33-16-18-35(52)19-17-33)31-42(54-67-46-15-9-12-27-63-46)39-28-34(13-7-10-24-56)38(14-8-11-25-57)47(48(39)51)40-29-37(21-23-43(40)66-51)65-49(58)53-41-22-20-36(60-3)30-44(41)61-4/h5,16-23,28-30,34,38,45-48,56-57H,1,6-15,24-27,31-32H2,2-4H3,(H,53,58)/t34-,38+,45-,46?,47+,48+,51+/m0/s1. The number of unbranched alkanes of at least 4 members (excludes halogenated alkanes) is 2. The second-order valence-electron chi connectivity index (χ2n) is 17.2. The molecule has 0 radical (unpaired) electrons. The van der Waals surface area contributed by atoms with E-state index in [9.17, 15) is 24.2 Å². The number of fused-ring (bicyclic) bond motifs is 2. The van der Waals surface area contributed by atoms with Gasteiger partial charge in [-0.15, -0.1) is 6.58 Å². The largest absolute Gasteiger partial charge is 0.497 e. The fraction of sp³-hybridized carbons (Fsp3) is 0.510. The van der Waals surface area contributed by atoms with E-state index in [1.807, 2.05) is 6.07 Å². The van der Waals surface area contributed by atoms with Crippen LogP contribution in [0.25, 0.3) is 0 Å². The molecule has 0 aromatic heterocycles. The molecule has 67 heavy (non-hydrogen) atoms. The topological polar surface area (TPSA) is 176 Å². The smallest absolute Gasteiger partial charge is 0.417 e. The number of aliphatic hydroxyl groups is 2. The molecule has 7 atom stereocenters. The van der Waals surface area contributed by atoms with Gasteiger partial charge in [0.15, 0.2) is 0 Å². The first-order chi connectivity index (χ1) is 32.7. The lowest BCUT2D eigenvalue weighted by atomic mass is 9.55. The minimum atomic E-state index is -1.60. The van der Waals surface area contributed by atoms with Crippen LogP contribution in [0.2, 0.25) is 0 Å². The predicted molar refractivity (Wildman–Crippen MR) is 248 cm³/mol. The molecule has 15 nitrogen and oxygen atoms in total. The van der Waals surface area contributed by atoms with Gasteiger partial charge in [0.2, 0.25) is 12.1 Å². The number of hydrogen-bond donors (Lipinski definition) is 3. The van der Waals surface area contributed by atoms with E-state index in [1.165, 1.54) is 26.4 Å². The number of carbonyl (C=O) groups excluding carboxylic acids is 2. The number of benzene rings is 3. The lowest BCUT2D eigenvalue weighted by molar-refractivity contribution is -0.256. The Kier molecular flexibility index (Phi) is 17.2. The van der Waals surface area contributed by atoms with Gasteiger partial charge in [0.05, 0.1) is 51.4 Å². The Morgan fingerprint density at radius 3 is 2.46 bits per heavy atom. The predicted octanol–water partition coefficient (Wildman–Crippen LogP) is 9.27. The van der Waals surface area contributed by atoms with Gasteiger partial charge >= 0.3 is 12.2 Å². The number of rotatable bonds is 21. The van der Waals surface area contributed by atoms with Crippen molar-refractivity contribution >= 4 is 23.6 Å². The highest BCUT2D eigenvalue weighted by Crippen LogP contribution is 2.62. The van der Waals surface area contributed by atoms with Gasteiger partial charge in [-0.1, -0.05) is 42.3 Å². The molecule has 3 aromatic carbocycles. The third kappa shape index (κ3) is 11.4. The Balaban J connectivity index is 1.41. The van der Waals surface area contributed by atoms with E-state index in [0.717, 1.165) is 36.8 Å². The van der Waals surface area contributed by atoms with Gasteiger partial charge in [0, 0.05) is 50.1 Å². The summed E-state index contributed by atoms with van der Waals surface area (Å²) in [6.07, 6.45) is 8.59. The average molecular weight is 930 g/mol. The monoisotopic (exact) mass is 929 g/mol. The summed E-state index contributed by atoms with van der Waals surface area (Å²) < 4.78 is 57.2. The minimum Gasteiger partial charge on any atom is -0.497 e. The van der Waals surface area contributed by atoms with E-state index in [1.54, 1.807) is 60.4 Å². The van der Waals surface area contributed by atoms with Crippen LogP contribution in [0.4, 0.5) is 19.7 Å². The molecule has 3 N–H and O–H groups in total. The van der Waals surface area contributed by atoms with Gasteiger partial charge in [-0.25, -0.2) is 14.0 Å². The molecule has 2 aliphatic carbocycles. The lowest BCUT2D eigenvalue weighted by Crippen LogP contribution is -2.70. The summed E-state index contributed by atoms with van der Waals surface area (Å²) in [4.78, 5) is 35.9. The summed E-state index contributed by atoms with van der Waals surface area (Å²) in [6, 6.07) is 15.3. The maximum absolute atomic E-state index is 14.5. The number of ether oxygens (including phenoxy) is 7. The van der Waals surface area contributed by atoms with Crippen molar-refractivity contribution in [2.75, 3.05) is 52.6 Å². The number of carbonyl (C=O) groups is 2. The van der Waals surface area contributed by atoms with Crippen LogP contribution in [0.5, 0.6) is 23.0 Å². The molecule has 362 valence electrons. The van der Waals surface area contributed by atoms with Crippen LogP contribution in [0.3, 0.4) is 0 Å². The molecule has 16 heteroatoms. The van der Waals surface area contributed by atoms with Gasteiger partial charge < -0.3 is 48.2 Å². The lowest BCUT2D eigenvalue weighted by Gasteiger charge is -2.59. The van der Waals surface area contributed by atoms with Crippen molar-refractivity contribution < 1.29 is 62.2 Å². The number of nitrogens with zero attached hydrogens (tertiary/aromatic N) is 2. The Hall–Kier alpha value is -5.68. The number of anilines is 1. The zero-order chi connectivity index (χ0) is 47.3. The number of aliphatic hydroxyl groups excluding tert-OH is 2. The van der Waals surface area contributed by atoms with E-state index in [0.29, 0.717) is 72.9 Å². The van der Waals surface area contributed by atoms with Crippen LogP contribution >= 0.6 is 0 Å². The Morgan fingerprint density at radius 2 is 1.76 bits per heavy atom. The van der Waals surface area contributed by atoms with E-state index >= 15 is 0 Å². The number of amides is 2. The van der Waals surface area contributed by atoms with Gasteiger partial charge in [0.25, 0.3) is 0 Å². The number of allylic oxidation sites excluding steroid dienone is 1. The van der Waals surface area contributed by atoms with Crippen molar-refractivity contribution in [1.82, 2.24) is 4.90 Å². The Labute approximate surface area is 391 Å². The van der Waals surface area contributed by atoms with E-state index in [2.05, 4.69) is 18.0 Å². The maximum atomic E-state index is 14.5. The zero-order valence-electron chi connectivity index (χ0n) is 38.7. The average Bonchev–Trinajstić information content (AvgIpc) is 3.34. The van der Waals surface area contributed by atoms with E-state index < -0.39 is 48.0 Å². The molecular formula is C51H64FN3O12. The molecule has 1 unspecified atom stereocenters. The second-order valence-corrected chi connectivity index (χ2v) is 17.2. The number of nitrogens with one attached hydrogen (secondary N) is 1. The van der Waals surface area contributed by atoms with Gasteiger partial charge in [-0.2, -0.15) is 0 Å². The quantitative estimate of drug-likeness (QED) is 0.0525. The fourth-order valence-corrected chi connectivity index (χ4v) is 10.1. The summed E-state index contributed by atoms with van der Waals surface area (Å²) in [7, 11) is 3.03. The van der Waals surface area contributed by atoms with Crippen LogP contribution in [0, 0.1) is 23.6 Å². The van der Waals surface area contributed by atoms with Crippen molar-refractivity contribution in [3.05, 3.63) is 102 Å². The summed E-state index contributed by atoms with van der Waals surface area (Å²) in [5.74, 6) is -1.59. The number of halogens is 1. The minimum absolute atomic E-state index is 0.0140. The van der Waals surface area contributed by atoms with Crippen LogP contribution in [-0.4, -0.2) is 98.4 Å². The Bertz CT molecular complexity index is 2210. The first-order valence-electron chi connectivity index (χ1n) is 23.4. The molecule has 7 rings (SSSR count). The molecule has 2 amide bonds. The molecule has 0 spiro atoms. The molecule has 2 heterocycles. The molecule has 0 bridgehead atoms. The molecular weight excluding hydrogens is 866 g/mol.